The molecule has 0 radical (unpaired) electrons. The van der Waals surface area contributed by atoms with Crippen LogP contribution in [-0.2, 0) is 4.79 Å². The summed E-state index contributed by atoms with van der Waals surface area (Å²) >= 11 is 5.89. The molecule has 1 fully saturated rings. The molecule has 0 heterocycles. The van der Waals surface area contributed by atoms with Crippen LogP contribution in [-0.4, -0.2) is 11.8 Å². The third-order valence-corrected chi connectivity index (χ3v) is 3.38. The van der Waals surface area contributed by atoms with Crippen LogP contribution in [0.2, 0.25) is 5.02 Å². The Bertz CT molecular complexity index is 459. The number of rotatable bonds is 2. The standard InChI is InChI=1S/C12H13ClF2N2O/c13-8-2-1-3-9(16)10(8)17-11(18)7-4-5-12(14,15)6-7/h1-3,7H,4-6,16H2,(H,17,18). The molecule has 1 aliphatic carbocycles. The molecule has 1 aromatic carbocycles. The molecule has 1 unspecified atom stereocenters. The van der Waals surface area contributed by atoms with Crippen LogP contribution in [0.1, 0.15) is 19.3 Å². The molecule has 1 aromatic rings. The van der Waals surface area contributed by atoms with Crippen molar-refractivity contribution < 1.29 is 13.6 Å². The van der Waals surface area contributed by atoms with Crippen LogP contribution in [0.3, 0.4) is 0 Å². The Hall–Kier alpha value is -1.36. The van der Waals surface area contributed by atoms with E-state index in [1.807, 2.05) is 0 Å². The summed E-state index contributed by atoms with van der Waals surface area (Å²) in [4.78, 5) is 11.8. The third-order valence-electron chi connectivity index (χ3n) is 3.07. The molecule has 0 aliphatic heterocycles. The maximum absolute atomic E-state index is 13.0. The van der Waals surface area contributed by atoms with E-state index in [1.54, 1.807) is 18.2 Å². The highest BCUT2D eigenvalue weighted by molar-refractivity contribution is 6.34. The normalized spacial score (nSPS) is 21.8. The smallest absolute Gasteiger partial charge is 0.248 e. The van der Waals surface area contributed by atoms with Gasteiger partial charge in [0.1, 0.15) is 0 Å². The van der Waals surface area contributed by atoms with Crippen LogP contribution in [0, 0.1) is 5.92 Å². The Labute approximate surface area is 108 Å². The lowest BCUT2D eigenvalue weighted by molar-refractivity contribution is -0.120. The topological polar surface area (TPSA) is 55.1 Å². The van der Waals surface area contributed by atoms with E-state index in [-0.39, 0.29) is 12.8 Å². The van der Waals surface area contributed by atoms with Crippen molar-refractivity contribution in [2.24, 2.45) is 5.92 Å². The van der Waals surface area contributed by atoms with Crippen LogP contribution in [0.15, 0.2) is 18.2 Å². The van der Waals surface area contributed by atoms with Gasteiger partial charge >= 0.3 is 0 Å². The van der Waals surface area contributed by atoms with Crippen molar-refractivity contribution in [3.8, 4) is 0 Å². The van der Waals surface area contributed by atoms with Gasteiger partial charge in [-0.3, -0.25) is 4.79 Å². The lowest BCUT2D eigenvalue weighted by atomic mass is 10.1. The number of alkyl halides is 2. The predicted octanol–water partition coefficient (Wildman–Crippen LogP) is 3.30. The van der Waals surface area contributed by atoms with Crippen LogP contribution >= 0.6 is 11.6 Å². The number of amides is 1. The van der Waals surface area contributed by atoms with Crippen LogP contribution in [0.25, 0.3) is 0 Å². The molecule has 18 heavy (non-hydrogen) atoms. The largest absolute Gasteiger partial charge is 0.397 e. The molecule has 0 spiro atoms. The number of carbonyl (C=O) groups is 1. The first-order valence-electron chi connectivity index (χ1n) is 5.62. The van der Waals surface area contributed by atoms with Crippen LogP contribution in [0.4, 0.5) is 20.2 Å². The molecular formula is C12H13ClF2N2O. The molecule has 98 valence electrons. The first kappa shape index (κ1) is 13.1. The minimum atomic E-state index is -2.74. The number of nitrogen functional groups attached to an aromatic ring is 1. The molecule has 1 amide bonds. The zero-order chi connectivity index (χ0) is 13.3. The van der Waals surface area contributed by atoms with Crippen molar-refractivity contribution in [3.63, 3.8) is 0 Å². The van der Waals surface area contributed by atoms with E-state index in [4.69, 9.17) is 17.3 Å². The molecule has 1 aliphatic rings. The summed E-state index contributed by atoms with van der Waals surface area (Å²) in [5.74, 6) is -3.88. The lowest BCUT2D eigenvalue weighted by Crippen LogP contribution is -2.23. The Morgan fingerprint density at radius 1 is 1.50 bits per heavy atom. The van der Waals surface area contributed by atoms with Gasteiger partial charge in [-0.05, 0) is 18.6 Å². The average molecular weight is 275 g/mol. The van der Waals surface area contributed by atoms with Gasteiger partial charge in [0.2, 0.25) is 11.8 Å². The zero-order valence-corrected chi connectivity index (χ0v) is 10.3. The number of carbonyl (C=O) groups excluding carboxylic acids is 1. The van der Waals surface area contributed by atoms with E-state index in [0.717, 1.165) is 0 Å². The molecule has 0 aromatic heterocycles. The summed E-state index contributed by atoms with van der Waals surface area (Å²) in [6, 6.07) is 4.82. The van der Waals surface area contributed by atoms with Gasteiger partial charge in [0.05, 0.1) is 16.4 Å². The third kappa shape index (κ3) is 2.72. The van der Waals surface area contributed by atoms with Crippen molar-refractivity contribution in [1.82, 2.24) is 0 Å². The number of hydrogen-bond acceptors (Lipinski definition) is 2. The first-order valence-corrected chi connectivity index (χ1v) is 5.99. The Morgan fingerprint density at radius 3 is 2.78 bits per heavy atom. The number of benzene rings is 1. The lowest BCUT2D eigenvalue weighted by Gasteiger charge is -2.14. The zero-order valence-electron chi connectivity index (χ0n) is 9.55. The van der Waals surface area contributed by atoms with Gasteiger partial charge in [-0.2, -0.15) is 0 Å². The summed E-state index contributed by atoms with van der Waals surface area (Å²) in [5.41, 5.74) is 6.29. The first-order chi connectivity index (χ1) is 8.39. The summed E-state index contributed by atoms with van der Waals surface area (Å²) in [6.07, 6.45) is -0.477. The van der Waals surface area contributed by atoms with E-state index in [1.165, 1.54) is 0 Å². The SMILES string of the molecule is Nc1cccc(Cl)c1NC(=O)C1CCC(F)(F)C1. The number of para-hydroxylation sites is 1. The highest BCUT2D eigenvalue weighted by Gasteiger charge is 2.42. The minimum absolute atomic E-state index is 0.184. The van der Waals surface area contributed by atoms with Crippen LogP contribution in [0.5, 0.6) is 0 Å². The number of nitrogens with two attached hydrogens (primary N) is 1. The molecule has 1 atom stereocenters. The summed E-state index contributed by atoms with van der Waals surface area (Å²) in [6.45, 7) is 0. The Kier molecular flexibility index (Phi) is 3.43. The molecule has 0 bridgehead atoms. The summed E-state index contributed by atoms with van der Waals surface area (Å²) in [5, 5.41) is 2.83. The number of hydrogen-bond donors (Lipinski definition) is 2. The van der Waals surface area contributed by atoms with Gasteiger partial charge in [0.15, 0.2) is 0 Å². The van der Waals surface area contributed by atoms with Crippen LogP contribution < -0.4 is 11.1 Å². The van der Waals surface area contributed by atoms with E-state index < -0.39 is 24.2 Å². The second-order valence-corrected chi connectivity index (χ2v) is 4.90. The molecule has 2 rings (SSSR count). The summed E-state index contributed by atoms with van der Waals surface area (Å²) < 4.78 is 26.0. The highest BCUT2D eigenvalue weighted by atomic mass is 35.5. The average Bonchev–Trinajstić information content (AvgIpc) is 2.64. The van der Waals surface area contributed by atoms with Gasteiger partial charge in [0.25, 0.3) is 0 Å². The molecule has 3 N–H and O–H groups in total. The molecule has 1 saturated carbocycles. The summed E-state index contributed by atoms with van der Waals surface area (Å²) in [7, 11) is 0. The van der Waals surface area contributed by atoms with E-state index in [0.29, 0.717) is 16.4 Å². The maximum atomic E-state index is 13.0. The predicted molar refractivity (Wildman–Crippen MR) is 66.8 cm³/mol. The van der Waals surface area contributed by atoms with Gasteiger partial charge in [0, 0.05) is 18.8 Å². The van der Waals surface area contributed by atoms with Crippen molar-refractivity contribution >= 4 is 28.9 Å². The minimum Gasteiger partial charge on any atom is -0.397 e. The van der Waals surface area contributed by atoms with E-state index >= 15 is 0 Å². The maximum Gasteiger partial charge on any atom is 0.248 e. The van der Waals surface area contributed by atoms with Crippen molar-refractivity contribution in [3.05, 3.63) is 23.2 Å². The molecule has 3 nitrogen and oxygen atoms in total. The fourth-order valence-corrected chi connectivity index (χ4v) is 2.30. The van der Waals surface area contributed by atoms with Gasteiger partial charge in [-0.15, -0.1) is 0 Å². The van der Waals surface area contributed by atoms with Crippen molar-refractivity contribution in [2.75, 3.05) is 11.1 Å². The Balaban J connectivity index is 2.08. The van der Waals surface area contributed by atoms with Crippen molar-refractivity contribution in [1.29, 1.82) is 0 Å². The molecular weight excluding hydrogens is 262 g/mol. The van der Waals surface area contributed by atoms with Gasteiger partial charge in [-0.25, -0.2) is 8.78 Å². The number of nitrogens with one attached hydrogen (secondary N) is 1. The Morgan fingerprint density at radius 2 is 2.22 bits per heavy atom. The molecule has 6 heteroatoms. The fraction of sp³-hybridized carbons (Fsp3) is 0.417. The fourth-order valence-electron chi connectivity index (χ4n) is 2.07. The quantitative estimate of drug-likeness (QED) is 0.813. The highest BCUT2D eigenvalue weighted by Crippen LogP contribution is 2.39. The second kappa shape index (κ2) is 4.72. The monoisotopic (exact) mass is 274 g/mol. The van der Waals surface area contributed by atoms with Gasteiger partial charge < -0.3 is 11.1 Å². The van der Waals surface area contributed by atoms with Gasteiger partial charge in [-0.1, -0.05) is 17.7 Å². The number of halogens is 3. The van der Waals surface area contributed by atoms with Crippen molar-refractivity contribution in [2.45, 2.75) is 25.2 Å². The second-order valence-electron chi connectivity index (χ2n) is 4.49. The number of anilines is 2. The van der Waals surface area contributed by atoms with E-state index in [2.05, 4.69) is 5.32 Å². The molecule has 0 saturated heterocycles. The van der Waals surface area contributed by atoms with E-state index in [9.17, 15) is 13.6 Å².